The highest BCUT2D eigenvalue weighted by atomic mass is 35.5. The molecule has 1 aromatic rings. The Morgan fingerprint density at radius 3 is 2.50 bits per heavy atom. The average molecular weight is 288 g/mol. The average Bonchev–Trinajstić information content (AvgIpc) is 2.35. The predicted octanol–water partition coefficient (Wildman–Crippen LogP) is 2.81. The number of hydrogen-bond acceptors (Lipinski definition) is 3. The summed E-state index contributed by atoms with van der Waals surface area (Å²) in [7, 11) is 2.15. The summed E-state index contributed by atoms with van der Waals surface area (Å²) < 4.78 is 0. The van der Waals surface area contributed by atoms with E-state index in [0.717, 1.165) is 41.8 Å². The van der Waals surface area contributed by atoms with Gasteiger partial charge in [-0.1, -0.05) is 23.2 Å². The van der Waals surface area contributed by atoms with Crippen LogP contribution in [0.15, 0.2) is 18.2 Å². The highest BCUT2D eigenvalue weighted by molar-refractivity contribution is 6.33. The normalized spacial score (nSPS) is 20.0. The zero-order valence-electron chi connectivity index (χ0n) is 10.8. The third kappa shape index (κ3) is 3.59. The van der Waals surface area contributed by atoms with E-state index in [2.05, 4.69) is 29.3 Å². The van der Waals surface area contributed by atoms with E-state index in [1.54, 1.807) is 0 Å². The number of halogens is 2. The Kier molecular flexibility index (Phi) is 4.87. The molecule has 0 bridgehead atoms. The largest absolute Gasteiger partial charge is 0.304 e. The van der Waals surface area contributed by atoms with Crippen molar-refractivity contribution in [3.63, 3.8) is 0 Å². The lowest BCUT2D eigenvalue weighted by Gasteiger charge is -2.34. The Morgan fingerprint density at radius 1 is 1.17 bits per heavy atom. The first-order chi connectivity index (χ1) is 8.56. The molecule has 1 saturated heterocycles. The Balaban J connectivity index is 1.98. The number of benzene rings is 1. The zero-order chi connectivity index (χ0) is 13.1. The van der Waals surface area contributed by atoms with Gasteiger partial charge in [0.1, 0.15) is 0 Å². The smallest absolute Gasteiger partial charge is 0.0455 e. The van der Waals surface area contributed by atoms with Crippen molar-refractivity contribution in [3.05, 3.63) is 33.8 Å². The number of likely N-dealkylation sites (N-methyl/N-ethyl adjacent to an activating group) is 1. The van der Waals surface area contributed by atoms with Crippen LogP contribution >= 0.6 is 23.2 Å². The molecule has 0 saturated carbocycles. The van der Waals surface area contributed by atoms with Crippen LogP contribution in [0.2, 0.25) is 10.0 Å². The number of hydrazine groups is 1. The molecule has 1 unspecified atom stereocenters. The number of nitrogens with zero attached hydrogens (tertiary/aromatic N) is 2. The maximum absolute atomic E-state index is 6.21. The molecular formula is C13H19Cl2N3. The van der Waals surface area contributed by atoms with Gasteiger partial charge in [0.15, 0.2) is 0 Å². The molecule has 0 aromatic heterocycles. The molecule has 0 radical (unpaired) electrons. The van der Waals surface area contributed by atoms with E-state index in [1.165, 1.54) is 0 Å². The monoisotopic (exact) mass is 287 g/mol. The van der Waals surface area contributed by atoms with Gasteiger partial charge in [0.2, 0.25) is 0 Å². The molecule has 0 aliphatic carbocycles. The molecule has 1 fully saturated rings. The van der Waals surface area contributed by atoms with Crippen molar-refractivity contribution in [2.45, 2.75) is 13.0 Å². The van der Waals surface area contributed by atoms with Gasteiger partial charge in [-0.15, -0.1) is 0 Å². The molecule has 1 aromatic carbocycles. The molecule has 1 aliphatic heterocycles. The van der Waals surface area contributed by atoms with E-state index in [1.807, 2.05) is 18.2 Å². The van der Waals surface area contributed by atoms with Gasteiger partial charge in [0.05, 0.1) is 0 Å². The molecule has 18 heavy (non-hydrogen) atoms. The topological polar surface area (TPSA) is 18.5 Å². The van der Waals surface area contributed by atoms with Gasteiger partial charge >= 0.3 is 0 Å². The first-order valence-electron chi connectivity index (χ1n) is 6.21. The van der Waals surface area contributed by atoms with Gasteiger partial charge in [-0.25, -0.2) is 10.4 Å². The minimum atomic E-state index is 0.166. The van der Waals surface area contributed by atoms with Crippen LogP contribution in [-0.4, -0.2) is 43.1 Å². The predicted molar refractivity (Wildman–Crippen MR) is 77.1 cm³/mol. The Bertz CT molecular complexity index is 403. The molecule has 5 heteroatoms. The van der Waals surface area contributed by atoms with Crippen molar-refractivity contribution in [1.29, 1.82) is 0 Å². The van der Waals surface area contributed by atoms with E-state index in [4.69, 9.17) is 23.2 Å². The van der Waals surface area contributed by atoms with Crippen molar-refractivity contribution in [2.24, 2.45) is 0 Å². The minimum absolute atomic E-state index is 0.166. The van der Waals surface area contributed by atoms with Crippen molar-refractivity contribution >= 4 is 23.2 Å². The van der Waals surface area contributed by atoms with Crippen LogP contribution in [0.4, 0.5) is 0 Å². The van der Waals surface area contributed by atoms with Gasteiger partial charge in [-0.3, -0.25) is 0 Å². The van der Waals surface area contributed by atoms with E-state index >= 15 is 0 Å². The van der Waals surface area contributed by atoms with Crippen LogP contribution in [0.5, 0.6) is 0 Å². The summed E-state index contributed by atoms with van der Waals surface area (Å²) in [6, 6.07) is 5.76. The zero-order valence-corrected chi connectivity index (χ0v) is 12.3. The fourth-order valence-corrected chi connectivity index (χ4v) is 2.59. The number of hydrogen-bond donors (Lipinski definition) is 1. The fraction of sp³-hybridized carbons (Fsp3) is 0.538. The Hall–Kier alpha value is -0.320. The number of rotatable bonds is 3. The molecule has 1 atom stereocenters. The molecular weight excluding hydrogens is 269 g/mol. The lowest BCUT2D eigenvalue weighted by atomic mass is 10.1. The highest BCUT2D eigenvalue weighted by Gasteiger charge is 2.17. The molecule has 1 heterocycles. The second-order valence-electron chi connectivity index (χ2n) is 4.81. The molecule has 2 rings (SSSR count). The van der Waals surface area contributed by atoms with Crippen molar-refractivity contribution < 1.29 is 0 Å². The van der Waals surface area contributed by atoms with Crippen molar-refractivity contribution in [2.75, 3.05) is 33.2 Å². The van der Waals surface area contributed by atoms with E-state index in [9.17, 15) is 0 Å². The summed E-state index contributed by atoms with van der Waals surface area (Å²) in [6.45, 7) is 6.33. The molecule has 0 amide bonds. The standard InChI is InChI=1S/C13H19Cl2N3/c1-10(12-9-11(14)3-4-13(12)15)16-18-7-5-17(2)6-8-18/h3-4,9-10,16H,5-8H2,1-2H3. The quantitative estimate of drug-likeness (QED) is 0.922. The maximum atomic E-state index is 6.21. The molecule has 1 N–H and O–H groups in total. The van der Waals surface area contributed by atoms with Gasteiger partial charge in [-0.05, 0) is 37.7 Å². The van der Waals surface area contributed by atoms with Crippen LogP contribution in [0.25, 0.3) is 0 Å². The summed E-state index contributed by atoms with van der Waals surface area (Å²) in [5, 5.41) is 3.73. The highest BCUT2D eigenvalue weighted by Crippen LogP contribution is 2.26. The number of nitrogens with one attached hydrogen (secondary N) is 1. The van der Waals surface area contributed by atoms with Gasteiger partial charge < -0.3 is 4.90 Å². The van der Waals surface area contributed by atoms with Gasteiger partial charge in [0, 0.05) is 42.3 Å². The third-order valence-corrected chi connectivity index (χ3v) is 3.88. The lowest BCUT2D eigenvalue weighted by molar-refractivity contribution is 0.0899. The second kappa shape index (κ2) is 6.22. The third-order valence-electron chi connectivity index (χ3n) is 3.30. The van der Waals surface area contributed by atoms with Crippen LogP contribution in [-0.2, 0) is 0 Å². The summed E-state index contributed by atoms with van der Waals surface area (Å²) in [4.78, 5) is 2.33. The summed E-state index contributed by atoms with van der Waals surface area (Å²) in [6.07, 6.45) is 0. The summed E-state index contributed by atoms with van der Waals surface area (Å²) >= 11 is 12.2. The minimum Gasteiger partial charge on any atom is -0.304 e. The first kappa shape index (κ1) is 14.1. The van der Waals surface area contributed by atoms with Crippen LogP contribution in [0.3, 0.4) is 0 Å². The molecule has 1 aliphatic rings. The lowest BCUT2D eigenvalue weighted by Crippen LogP contribution is -2.51. The van der Waals surface area contributed by atoms with E-state index < -0.39 is 0 Å². The van der Waals surface area contributed by atoms with Crippen molar-refractivity contribution in [3.8, 4) is 0 Å². The summed E-state index contributed by atoms with van der Waals surface area (Å²) in [5.41, 5.74) is 4.53. The fourth-order valence-electron chi connectivity index (χ4n) is 2.13. The van der Waals surface area contributed by atoms with E-state index in [-0.39, 0.29) is 6.04 Å². The first-order valence-corrected chi connectivity index (χ1v) is 6.96. The SMILES string of the molecule is CC(NN1CCN(C)CC1)c1cc(Cl)ccc1Cl. The van der Waals surface area contributed by atoms with Crippen molar-refractivity contribution in [1.82, 2.24) is 15.3 Å². The Morgan fingerprint density at radius 2 is 1.83 bits per heavy atom. The van der Waals surface area contributed by atoms with Gasteiger partial charge in [-0.2, -0.15) is 0 Å². The molecule has 0 spiro atoms. The van der Waals surface area contributed by atoms with Crippen LogP contribution in [0.1, 0.15) is 18.5 Å². The second-order valence-corrected chi connectivity index (χ2v) is 5.65. The maximum Gasteiger partial charge on any atom is 0.0455 e. The van der Waals surface area contributed by atoms with Crippen LogP contribution in [0, 0.1) is 0 Å². The van der Waals surface area contributed by atoms with Crippen LogP contribution < -0.4 is 5.43 Å². The molecule has 100 valence electrons. The van der Waals surface area contributed by atoms with Gasteiger partial charge in [0.25, 0.3) is 0 Å². The molecule has 3 nitrogen and oxygen atoms in total. The van der Waals surface area contributed by atoms with E-state index in [0.29, 0.717) is 0 Å². The number of piperazine rings is 1. The Labute approximate surface area is 119 Å². The summed E-state index contributed by atoms with van der Waals surface area (Å²) in [5.74, 6) is 0.